The molecule has 3 N–H and O–H groups in total. The molecule has 0 aliphatic carbocycles. The van der Waals surface area contributed by atoms with E-state index in [0.29, 0.717) is 23.5 Å². The second-order valence-electron chi connectivity index (χ2n) is 11.9. The van der Waals surface area contributed by atoms with E-state index in [9.17, 15) is 14.7 Å². The quantitative estimate of drug-likeness (QED) is 0.131. The minimum absolute atomic E-state index is 0.250. The number of rotatable bonds is 9. The summed E-state index contributed by atoms with van der Waals surface area (Å²) < 4.78 is 5.17. The molecule has 2 heterocycles. The fraction of sp³-hybridized carbons (Fsp3) is 0.143. The van der Waals surface area contributed by atoms with Crippen LogP contribution in [0.5, 0.6) is 0 Å². The number of carbonyl (C=O) groups excluding carboxylic acids is 1. The number of carboxylic acids is 1. The van der Waals surface area contributed by atoms with E-state index < -0.39 is 5.97 Å². The van der Waals surface area contributed by atoms with Crippen LogP contribution in [0.1, 0.15) is 49.9 Å². The second-order valence-corrected chi connectivity index (χ2v) is 11.9. The number of hydrogen-bond acceptors (Lipinski definition) is 7. The summed E-state index contributed by atoms with van der Waals surface area (Å²) in [7, 11) is 0. The van der Waals surface area contributed by atoms with Gasteiger partial charge in [0.2, 0.25) is 0 Å². The number of carboxylic acid groups (broad SMARTS) is 1. The first-order valence-electron chi connectivity index (χ1n) is 16.3. The largest absolute Gasteiger partial charge is 0.478 e. The van der Waals surface area contributed by atoms with E-state index in [1.54, 1.807) is 31.5 Å². The molecular formula is C42H40N4O4. The van der Waals surface area contributed by atoms with Crippen molar-refractivity contribution in [2.24, 2.45) is 0 Å². The first-order valence-corrected chi connectivity index (χ1v) is 16.3. The molecule has 0 spiro atoms. The maximum Gasteiger partial charge on any atom is 0.340 e. The van der Waals surface area contributed by atoms with Gasteiger partial charge < -0.3 is 20.5 Å². The molecule has 252 valence electrons. The molecule has 0 aliphatic heterocycles. The number of aromatic nitrogens is 2. The molecule has 8 heteroatoms. The average Bonchev–Trinajstić information content (AvgIpc) is 3.11. The first-order chi connectivity index (χ1) is 24.1. The molecule has 0 saturated carbocycles. The van der Waals surface area contributed by atoms with E-state index >= 15 is 0 Å². The number of pyridine rings is 2. The molecule has 0 atom stereocenters. The first kappa shape index (κ1) is 35.0. The Kier molecular flexibility index (Phi) is 11.4. The van der Waals surface area contributed by atoms with E-state index in [0.717, 1.165) is 56.1 Å². The Bertz CT molecular complexity index is 2120. The van der Waals surface area contributed by atoms with Crippen LogP contribution in [0, 0.1) is 27.7 Å². The molecule has 6 aromatic rings. The lowest BCUT2D eigenvalue weighted by Crippen LogP contribution is -2.08. The van der Waals surface area contributed by atoms with Crippen molar-refractivity contribution in [3.05, 3.63) is 155 Å². The fourth-order valence-corrected chi connectivity index (χ4v) is 5.48. The van der Waals surface area contributed by atoms with Crippen LogP contribution in [-0.2, 0) is 4.74 Å². The third-order valence-electron chi connectivity index (χ3n) is 7.88. The van der Waals surface area contributed by atoms with Gasteiger partial charge in [-0.15, -0.1) is 0 Å². The van der Waals surface area contributed by atoms with Crippen LogP contribution in [0.2, 0.25) is 0 Å². The monoisotopic (exact) mass is 664 g/mol. The van der Waals surface area contributed by atoms with Crippen molar-refractivity contribution >= 4 is 34.7 Å². The number of nitrogens with zero attached hydrogens (tertiary/aromatic N) is 2. The second kappa shape index (κ2) is 16.2. The maximum atomic E-state index is 12.2. The highest BCUT2D eigenvalue weighted by molar-refractivity contribution is 5.97. The Labute approximate surface area is 292 Å². The van der Waals surface area contributed by atoms with Gasteiger partial charge in [0.15, 0.2) is 0 Å². The zero-order chi connectivity index (χ0) is 35.6. The third-order valence-corrected chi connectivity index (χ3v) is 7.88. The normalized spacial score (nSPS) is 10.4. The molecule has 6 rings (SSSR count). The summed E-state index contributed by atoms with van der Waals surface area (Å²) in [6.07, 6.45) is 3.50. The summed E-state index contributed by atoms with van der Waals surface area (Å²) in [5.41, 5.74) is 11.6. The Morgan fingerprint density at radius 1 is 0.620 bits per heavy atom. The van der Waals surface area contributed by atoms with Gasteiger partial charge >= 0.3 is 11.9 Å². The topological polar surface area (TPSA) is 113 Å². The van der Waals surface area contributed by atoms with Crippen molar-refractivity contribution in [1.82, 2.24) is 9.97 Å². The maximum absolute atomic E-state index is 12.2. The number of esters is 1. The summed E-state index contributed by atoms with van der Waals surface area (Å²) in [5, 5.41) is 15.8. The Balaban J connectivity index is 0.000000195. The van der Waals surface area contributed by atoms with Crippen molar-refractivity contribution in [2.75, 3.05) is 17.2 Å². The molecule has 0 fully saturated rings. The van der Waals surface area contributed by atoms with Crippen LogP contribution in [0.25, 0.3) is 22.5 Å². The molecule has 4 aromatic carbocycles. The minimum atomic E-state index is -0.952. The zero-order valence-electron chi connectivity index (χ0n) is 28.8. The predicted molar refractivity (Wildman–Crippen MR) is 201 cm³/mol. The van der Waals surface area contributed by atoms with Gasteiger partial charge in [0.05, 0.1) is 64.3 Å². The third kappa shape index (κ3) is 8.79. The van der Waals surface area contributed by atoms with Gasteiger partial charge in [-0.25, -0.2) is 9.59 Å². The molecular weight excluding hydrogens is 624 g/mol. The van der Waals surface area contributed by atoms with Crippen LogP contribution in [0.15, 0.2) is 122 Å². The lowest BCUT2D eigenvalue weighted by atomic mass is 10.1. The van der Waals surface area contributed by atoms with Gasteiger partial charge in [0.1, 0.15) is 0 Å². The smallest absolute Gasteiger partial charge is 0.340 e. The minimum Gasteiger partial charge on any atom is -0.478 e. The Morgan fingerprint density at radius 2 is 1.06 bits per heavy atom. The molecule has 0 amide bonds. The van der Waals surface area contributed by atoms with E-state index in [1.165, 1.54) is 0 Å². The summed E-state index contributed by atoms with van der Waals surface area (Å²) in [6, 6.07) is 35.1. The van der Waals surface area contributed by atoms with E-state index in [2.05, 4.69) is 20.6 Å². The Hall–Kier alpha value is -6.28. The lowest BCUT2D eigenvalue weighted by Gasteiger charge is -2.14. The van der Waals surface area contributed by atoms with Crippen LogP contribution >= 0.6 is 0 Å². The summed E-state index contributed by atoms with van der Waals surface area (Å²) in [4.78, 5) is 32.8. The van der Waals surface area contributed by atoms with E-state index in [1.807, 2.05) is 125 Å². The number of benzene rings is 4. The van der Waals surface area contributed by atoms with Gasteiger partial charge in [0.25, 0.3) is 0 Å². The fourth-order valence-electron chi connectivity index (χ4n) is 5.48. The van der Waals surface area contributed by atoms with Crippen LogP contribution < -0.4 is 10.6 Å². The molecule has 0 unspecified atom stereocenters. The number of aromatic carboxylic acids is 1. The predicted octanol–water partition coefficient (Wildman–Crippen LogP) is 10.1. The highest BCUT2D eigenvalue weighted by Crippen LogP contribution is 2.28. The van der Waals surface area contributed by atoms with Gasteiger partial charge in [-0.05, 0) is 82.1 Å². The molecule has 0 aliphatic rings. The van der Waals surface area contributed by atoms with Crippen LogP contribution in [-0.4, -0.2) is 33.6 Å². The van der Waals surface area contributed by atoms with Crippen molar-refractivity contribution in [2.45, 2.75) is 34.6 Å². The van der Waals surface area contributed by atoms with Crippen molar-refractivity contribution < 1.29 is 19.4 Å². The van der Waals surface area contributed by atoms with Gasteiger partial charge in [-0.1, -0.05) is 83.9 Å². The van der Waals surface area contributed by atoms with E-state index in [-0.39, 0.29) is 11.5 Å². The van der Waals surface area contributed by atoms with Crippen LogP contribution in [0.3, 0.4) is 0 Å². The number of nitrogens with one attached hydrogen (secondary N) is 2. The molecule has 8 nitrogen and oxygen atoms in total. The highest BCUT2D eigenvalue weighted by Gasteiger charge is 2.15. The molecule has 0 radical (unpaired) electrons. The lowest BCUT2D eigenvalue weighted by molar-refractivity contribution is 0.0527. The van der Waals surface area contributed by atoms with Crippen molar-refractivity contribution in [3.63, 3.8) is 0 Å². The number of ether oxygens (including phenoxy) is 1. The number of anilines is 4. The summed E-state index contributed by atoms with van der Waals surface area (Å²) in [5.74, 6) is -1.28. The SMILES string of the molecule is CCOC(=O)c1cc(C)ccc1Nc1cnc(-c2ccccc2)c(C)c1.Cc1ccc(Nc2cnc(-c3ccccc3)c(C)c2)c(C(=O)O)c1. The molecule has 2 aromatic heterocycles. The standard InChI is InChI=1S/C22H22N2O2.C20H18N2O2/c1-4-26-22(25)19-12-15(2)10-11-20(19)24-18-13-16(3)21(23-14-18)17-8-6-5-7-9-17;1-13-8-9-18(17(10-13)20(23)24)22-16-11-14(2)19(21-12-16)15-6-4-3-5-7-15/h5-14,24H,4H2,1-3H3;3-12,22H,1-2H3,(H,23,24). The van der Waals surface area contributed by atoms with Crippen molar-refractivity contribution in [3.8, 4) is 22.5 Å². The summed E-state index contributed by atoms with van der Waals surface area (Å²) >= 11 is 0. The van der Waals surface area contributed by atoms with Crippen molar-refractivity contribution in [1.29, 1.82) is 0 Å². The van der Waals surface area contributed by atoms with E-state index in [4.69, 9.17) is 4.74 Å². The number of carbonyl (C=O) groups is 2. The van der Waals surface area contributed by atoms with Gasteiger partial charge in [0, 0.05) is 11.1 Å². The highest BCUT2D eigenvalue weighted by atomic mass is 16.5. The Morgan fingerprint density at radius 3 is 1.48 bits per heavy atom. The molecule has 50 heavy (non-hydrogen) atoms. The average molecular weight is 665 g/mol. The summed E-state index contributed by atoms with van der Waals surface area (Å²) in [6.45, 7) is 9.99. The number of aryl methyl sites for hydroxylation is 4. The molecule has 0 saturated heterocycles. The van der Waals surface area contributed by atoms with Crippen LogP contribution in [0.4, 0.5) is 22.7 Å². The van der Waals surface area contributed by atoms with Gasteiger partial charge in [-0.3, -0.25) is 9.97 Å². The molecule has 0 bridgehead atoms. The van der Waals surface area contributed by atoms with Gasteiger partial charge in [-0.2, -0.15) is 0 Å². The zero-order valence-corrected chi connectivity index (χ0v) is 28.8. The number of hydrogen-bond donors (Lipinski definition) is 3.